The van der Waals surface area contributed by atoms with Gasteiger partial charge in [0.25, 0.3) is 0 Å². The second kappa shape index (κ2) is 16.2. The van der Waals surface area contributed by atoms with Crippen molar-refractivity contribution in [2.75, 3.05) is 39.3 Å². The van der Waals surface area contributed by atoms with Gasteiger partial charge in [-0.05, 0) is 67.7 Å². The largest absolute Gasteiger partial charge is 0.370 e. The van der Waals surface area contributed by atoms with E-state index in [0.717, 1.165) is 70.4 Å². The molecule has 7 nitrogen and oxygen atoms in total. The Balaban J connectivity index is 1.09. The molecule has 7 heteroatoms. The van der Waals surface area contributed by atoms with Gasteiger partial charge in [-0.3, -0.25) is 15.3 Å². The number of nitrogens with zero attached hydrogens (tertiary/aromatic N) is 5. The summed E-state index contributed by atoms with van der Waals surface area (Å²) in [5.41, 5.74) is 10.6. The van der Waals surface area contributed by atoms with E-state index >= 15 is 0 Å². The molecule has 0 spiro atoms. The minimum atomic E-state index is 0.234. The van der Waals surface area contributed by atoms with Gasteiger partial charge in [0.2, 0.25) is 0 Å². The predicted molar refractivity (Wildman–Crippen MR) is 202 cm³/mol. The summed E-state index contributed by atoms with van der Waals surface area (Å²) in [7, 11) is 0. The lowest BCUT2D eigenvalue weighted by molar-refractivity contribution is 0.157. The van der Waals surface area contributed by atoms with Gasteiger partial charge in [0.15, 0.2) is 11.9 Å². The molecular formula is C42H57N7. The van der Waals surface area contributed by atoms with Gasteiger partial charge >= 0.3 is 0 Å². The van der Waals surface area contributed by atoms with Crippen LogP contribution in [-0.2, 0) is 19.3 Å². The number of guanidine groups is 2. The second-order valence-electron chi connectivity index (χ2n) is 15.1. The number of hydrogen-bond donors (Lipinski definition) is 2. The molecule has 0 bridgehead atoms. The smallest absolute Gasteiger partial charge is 0.194 e. The lowest BCUT2D eigenvalue weighted by Gasteiger charge is -2.37. The van der Waals surface area contributed by atoms with Crippen molar-refractivity contribution in [3.63, 3.8) is 0 Å². The first-order valence-corrected chi connectivity index (χ1v) is 19.1. The van der Waals surface area contributed by atoms with E-state index in [0.29, 0.717) is 24.1 Å². The van der Waals surface area contributed by atoms with E-state index in [1.165, 1.54) is 68.1 Å². The van der Waals surface area contributed by atoms with Gasteiger partial charge < -0.3 is 20.4 Å². The molecule has 0 aromatic heterocycles. The molecule has 3 N–H and O–H groups in total. The molecule has 1 aliphatic carbocycles. The van der Waals surface area contributed by atoms with Crippen LogP contribution in [0.4, 0.5) is 0 Å². The average molecular weight is 660 g/mol. The van der Waals surface area contributed by atoms with Crippen LogP contribution in [0, 0.1) is 11.3 Å². The molecule has 3 aromatic carbocycles. The zero-order valence-corrected chi connectivity index (χ0v) is 29.4. The van der Waals surface area contributed by atoms with E-state index in [1.807, 2.05) is 0 Å². The van der Waals surface area contributed by atoms with Crippen molar-refractivity contribution in [3.8, 4) is 0 Å². The summed E-state index contributed by atoms with van der Waals surface area (Å²) in [5.74, 6) is 2.25. The van der Waals surface area contributed by atoms with Crippen molar-refractivity contribution in [3.05, 3.63) is 108 Å². The van der Waals surface area contributed by atoms with Crippen molar-refractivity contribution in [1.82, 2.24) is 19.6 Å². The zero-order chi connectivity index (χ0) is 33.4. The highest BCUT2D eigenvalue weighted by molar-refractivity contribution is 5.80. The van der Waals surface area contributed by atoms with Crippen LogP contribution in [0.25, 0.3) is 0 Å². The first-order valence-electron chi connectivity index (χ1n) is 19.1. The van der Waals surface area contributed by atoms with Crippen LogP contribution in [0.5, 0.6) is 0 Å². The zero-order valence-electron chi connectivity index (χ0n) is 29.4. The Kier molecular flexibility index (Phi) is 11.2. The standard InChI is InChI=1S/C42H57N7/c43-41-45-29-38(26-34-16-7-2-8-17-34)48(41)31-37-22-13-24-46(37)30-39(27-35-18-9-3-10-19-35)49-32-40(28-36-20-11-4-12-21-36)47(42(49)44)25-23-33-14-5-1-6-15-33/h2-4,7-12,16-21,33,37-40,44H,1,5-6,13-15,22-32H2,(H2,43,45)/t37?,38-,39-,40-/m0/s1. The van der Waals surface area contributed by atoms with Crippen LogP contribution >= 0.6 is 0 Å². The van der Waals surface area contributed by atoms with Crippen LogP contribution in [0.2, 0.25) is 0 Å². The summed E-state index contributed by atoms with van der Waals surface area (Å²) in [4.78, 5) is 14.8. The number of aliphatic imine (C=N–C) groups is 1. The summed E-state index contributed by atoms with van der Waals surface area (Å²) in [6.45, 7) is 5.67. The maximum atomic E-state index is 9.73. The van der Waals surface area contributed by atoms with Crippen molar-refractivity contribution >= 4 is 11.9 Å². The van der Waals surface area contributed by atoms with Crippen molar-refractivity contribution in [2.24, 2.45) is 16.6 Å². The molecule has 7 rings (SSSR count). The highest BCUT2D eigenvalue weighted by Crippen LogP contribution is 2.31. The van der Waals surface area contributed by atoms with Crippen molar-refractivity contribution in [2.45, 2.75) is 94.8 Å². The quantitative estimate of drug-likeness (QED) is 0.209. The molecule has 1 unspecified atom stereocenters. The minimum Gasteiger partial charge on any atom is -0.370 e. The van der Waals surface area contributed by atoms with Gasteiger partial charge in [0.1, 0.15) is 0 Å². The number of nitrogens with two attached hydrogens (primary N) is 1. The van der Waals surface area contributed by atoms with Crippen LogP contribution in [0.1, 0.15) is 68.1 Å². The number of benzene rings is 3. The molecule has 1 saturated carbocycles. The van der Waals surface area contributed by atoms with Crippen LogP contribution in [0.3, 0.4) is 0 Å². The van der Waals surface area contributed by atoms with Crippen LogP contribution < -0.4 is 5.73 Å². The monoisotopic (exact) mass is 659 g/mol. The first-order chi connectivity index (χ1) is 24.1. The Bertz CT molecular complexity index is 1490. The molecule has 3 fully saturated rings. The van der Waals surface area contributed by atoms with Gasteiger partial charge in [0, 0.05) is 38.3 Å². The van der Waals surface area contributed by atoms with Gasteiger partial charge in [0.05, 0.1) is 18.6 Å². The molecule has 49 heavy (non-hydrogen) atoms. The van der Waals surface area contributed by atoms with Crippen molar-refractivity contribution < 1.29 is 0 Å². The lowest BCUT2D eigenvalue weighted by Crippen LogP contribution is -2.52. The Labute approximate surface area is 294 Å². The van der Waals surface area contributed by atoms with Crippen LogP contribution in [0.15, 0.2) is 96.0 Å². The Hall–Kier alpha value is -3.84. The SMILES string of the molecule is N=C1N(CCC2CCCCC2)[C@@H](Cc2ccccc2)CN1[C@@H](Cc1ccccc1)CN1CCCC1CN1C(N)=NC[C@@H]1Cc1ccccc1. The number of nitrogens with one attached hydrogen (secondary N) is 1. The topological polar surface area (TPSA) is 75.2 Å². The van der Waals surface area contributed by atoms with Gasteiger partial charge in [-0.1, -0.05) is 123 Å². The van der Waals surface area contributed by atoms with Crippen LogP contribution in [-0.4, -0.2) is 95.0 Å². The third-order valence-corrected chi connectivity index (χ3v) is 11.8. The molecule has 4 atom stereocenters. The van der Waals surface area contributed by atoms with Gasteiger partial charge in [-0.25, -0.2) is 0 Å². The summed E-state index contributed by atoms with van der Waals surface area (Å²) < 4.78 is 0. The molecule has 3 heterocycles. The van der Waals surface area contributed by atoms with E-state index in [2.05, 4.69) is 111 Å². The highest BCUT2D eigenvalue weighted by atomic mass is 15.5. The second-order valence-corrected chi connectivity index (χ2v) is 15.1. The van der Waals surface area contributed by atoms with E-state index < -0.39 is 0 Å². The number of rotatable bonds is 14. The Morgan fingerprint density at radius 2 is 1.35 bits per heavy atom. The molecular weight excluding hydrogens is 603 g/mol. The summed E-state index contributed by atoms with van der Waals surface area (Å²) >= 11 is 0. The van der Waals surface area contributed by atoms with E-state index in [1.54, 1.807) is 0 Å². The highest BCUT2D eigenvalue weighted by Gasteiger charge is 2.40. The predicted octanol–water partition coefficient (Wildman–Crippen LogP) is 6.44. The third-order valence-electron chi connectivity index (χ3n) is 11.8. The molecule has 2 saturated heterocycles. The fourth-order valence-electron chi connectivity index (χ4n) is 9.10. The fraction of sp³-hybridized carbons (Fsp3) is 0.524. The maximum absolute atomic E-state index is 9.73. The molecule has 260 valence electrons. The molecule has 0 amide bonds. The molecule has 4 aliphatic rings. The van der Waals surface area contributed by atoms with E-state index in [4.69, 9.17) is 10.7 Å². The van der Waals surface area contributed by atoms with Gasteiger partial charge in [-0.2, -0.15) is 0 Å². The normalized spacial score (nSPS) is 24.2. The van der Waals surface area contributed by atoms with Gasteiger partial charge in [-0.15, -0.1) is 0 Å². The lowest BCUT2D eigenvalue weighted by atomic mass is 9.87. The summed E-state index contributed by atoms with van der Waals surface area (Å²) in [6.07, 6.45) is 13.4. The van der Waals surface area contributed by atoms with Crippen molar-refractivity contribution in [1.29, 1.82) is 5.41 Å². The Morgan fingerprint density at radius 3 is 2.02 bits per heavy atom. The summed E-state index contributed by atoms with van der Waals surface area (Å²) in [6, 6.07) is 34.0. The average Bonchev–Trinajstić information content (AvgIpc) is 3.82. The Morgan fingerprint density at radius 1 is 0.714 bits per heavy atom. The minimum absolute atomic E-state index is 0.234. The summed E-state index contributed by atoms with van der Waals surface area (Å²) in [5, 5.41) is 9.73. The fourth-order valence-corrected chi connectivity index (χ4v) is 9.10. The molecule has 0 radical (unpaired) electrons. The van der Waals surface area contributed by atoms with E-state index in [9.17, 15) is 5.41 Å². The number of hydrogen-bond acceptors (Lipinski definition) is 5. The molecule has 3 aliphatic heterocycles. The maximum Gasteiger partial charge on any atom is 0.194 e. The van der Waals surface area contributed by atoms with E-state index in [-0.39, 0.29) is 6.04 Å². The number of likely N-dealkylation sites (tertiary alicyclic amines) is 1. The molecule has 3 aromatic rings. The first kappa shape index (κ1) is 33.6. The third kappa shape index (κ3) is 8.49.